The number of nitrogen functional groups attached to an aromatic ring is 1. The van der Waals surface area contributed by atoms with Crippen molar-refractivity contribution in [2.45, 2.75) is 18.2 Å². The summed E-state index contributed by atoms with van der Waals surface area (Å²) < 4.78 is 0. The van der Waals surface area contributed by atoms with Crippen LogP contribution in [0.5, 0.6) is 0 Å². The quantitative estimate of drug-likeness (QED) is 0.687. The van der Waals surface area contributed by atoms with E-state index in [-0.39, 0.29) is 23.8 Å². The van der Waals surface area contributed by atoms with Crippen molar-refractivity contribution in [1.29, 1.82) is 0 Å². The van der Waals surface area contributed by atoms with Gasteiger partial charge in [-0.1, -0.05) is 0 Å². The predicted molar refractivity (Wildman–Crippen MR) is 86.5 cm³/mol. The minimum atomic E-state index is -0.179. The molecule has 0 saturated carbocycles. The molecule has 2 unspecified atom stereocenters. The Hall–Kier alpha value is -1.40. The summed E-state index contributed by atoms with van der Waals surface area (Å²) in [5.41, 5.74) is 7.91. The first-order valence-corrected chi connectivity index (χ1v) is 7.70. The van der Waals surface area contributed by atoms with Gasteiger partial charge in [0.2, 0.25) is 0 Å². The number of rotatable bonds is 6. The van der Waals surface area contributed by atoms with Gasteiger partial charge in [-0.05, 0) is 31.4 Å². The number of hydrogen-bond donors (Lipinski definition) is 3. The largest absolute Gasteiger partial charge is 0.397 e. The third-order valence-electron chi connectivity index (χ3n) is 3.17. The van der Waals surface area contributed by atoms with Crippen LogP contribution in [0.2, 0.25) is 0 Å². The molecule has 1 aromatic rings. The van der Waals surface area contributed by atoms with E-state index in [4.69, 9.17) is 5.73 Å². The standard InChI is InChI=1S/C14H23N3O2S/c1-9(13(8-18)20-4)16-14(19)10-5-6-12(17(2)3)11(15)7-10/h5-7,9,13,18H,8,15H2,1-4H3,(H,16,19). The lowest BCUT2D eigenvalue weighted by Gasteiger charge is -2.22. The van der Waals surface area contributed by atoms with Crippen LogP contribution in [0.15, 0.2) is 18.2 Å². The summed E-state index contributed by atoms with van der Waals surface area (Å²) >= 11 is 1.53. The second-order valence-electron chi connectivity index (χ2n) is 4.89. The summed E-state index contributed by atoms with van der Waals surface area (Å²) in [7, 11) is 3.80. The Bertz CT molecular complexity index is 462. The SMILES string of the molecule is CSC(CO)C(C)NC(=O)c1ccc(N(C)C)c(N)c1. The smallest absolute Gasteiger partial charge is 0.251 e. The second kappa shape index (κ2) is 7.40. The highest BCUT2D eigenvalue weighted by Gasteiger charge is 2.18. The van der Waals surface area contributed by atoms with Crippen molar-refractivity contribution in [3.05, 3.63) is 23.8 Å². The Balaban J connectivity index is 2.80. The van der Waals surface area contributed by atoms with E-state index in [1.165, 1.54) is 11.8 Å². The fraction of sp³-hybridized carbons (Fsp3) is 0.500. The number of benzene rings is 1. The molecule has 1 rings (SSSR count). The fourth-order valence-electron chi connectivity index (χ4n) is 1.92. The first-order valence-electron chi connectivity index (χ1n) is 6.42. The van der Waals surface area contributed by atoms with Crippen LogP contribution in [0.1, 0.15) is 17.3 Å². The lowest BCUT2D eigenvalue weighted by Crippen LogP contribution is -2.41. The zero-order chi connectivity index (χ0) is 15.3. The van der Waals surface area contributed by atoms with Crippen LogP contribution in [0.4, 0.5) is 11.4 Å². The zero-order valence-corrected chi connectivity index (χ0v) is 13.2. The van der Waals surface area contributed by atoms with E-state index in [0.717, 1.165) is 5.69 Å². The van der Waals surface area contributed by atoms with Gasteiger partial charge in [0, 0.05) is 31.0 Å². The number of anilines is 2. The van der Waals surface area contributed by atoms with Crippen LogP contribution < -0.4 is 16.0 Å². The number of nitrogens with zero attached hydrogens (tertiary/aromatic N) is 1. The highest BCUT2D eigenvalue weighted by Crippen LogP contribution is 2.22. The number of nitrogens with one attached hydrogen (secondary N) is 1. The molecule has 6 heteroatoms. The highest BCUT2D eigenvalue weighted by molar-refractivity contribution is 7.99. The van der Waals surface area contributed by atoms with Crippen LogP contribution in [-0.4, -0.2) is 49.3 Å². The molecule has 5 nitrogen and oxygen atoms in total. The van der Waals surface area contributed by atoms with Gasteiger partial charge in [0.05, 0.1) is 18.0 Å². The molecular formula is C14H23N3O2S. The number of thioether (sulfide) groups is 1. The van der Waals surface area contributed by atoms with E-state index < -0.39 is 0 Å². The molecule has 1 amide bonds. The summed E-state index contributed by atoms with van der Waals surface area (Å²) in [4.78, 5) is 14.1. The number of hydrogen-bond acceptors (Lipinski definition) is 5. The summed E-state index contributed by atoms with van der Waals surface area (Å²) in [5.74, 6) is -0.179. The number of nitrogens with two attached hydrogens (primary N) is 1. The second-order valence-corrected chi connectivity index (χ2v) is 5.96. The van der Waals surface area contributed by atoms with Gasteiger partial charge in [0.25, 0.3) is 5.91 Å². The predicted octanol–water partition coefficient (Wildman–Crippen LogP) is 1.18. The molecule has 4 N–H and O–H groups in total. The van der Waals surface area contributed by atoms with Crippen molar-refractivity contribution < 1.29 is 9.90 Å². The van der Waals surface area contributed by atoms with Gasteiger partial charge in [0.1, 0.15) is 0 Å². The van der Waals surface area contributed by atoms with Crippen molar-refractivity contribution in [3.8, 4) is 0 Å². The maximum absolute atomic E-state index is 12.2. The van der Waals surface area contributed by atoms with Gasteiger partial charge < -0.3 is 21.1 Å². The zero-order valence-electron chi connectivity index (χ0n) is 12.4. The average molecular weight is 297 g/mol. The van der Waals surface area contributed by atoms with Gasteiger partial charge >= 0.3 is 0 Å². The van der Waals surface area contributed by atoms with Crippen LogP contribution in [-0.2, 0) is 0 Å². The molecule has 0 fully saturated rings. The molecule has 0 bridgehead atoms. The summed E-state index contributed by atoms with van der Waals surface area (Å²) in [5, 5.41) is 12.1. The Morgan fingerprint density at radius 1 is 1.50 bits per heavy atom. The summed E-state index contributed by atoms with van der Waals surface area (Å²) in [6.07, 6.45) is 1.91. The number of aliphatic hydroxyl groups is 1. The highest BCUT2D eigenvalue weighted by atomic mass is 32.2. The van der Waals surface area contributed by atoms with E-state index in [0.29, 0.717) is 11.3 Å². The van der Waals surface area contributed by atoms with Gasteiger partial charge in [-0.3, -0.25) is 4.79 Å². The van der Waals surface area contributed by atoms with Crippen LogP contribution in [0.25, 0.3) is 0 Å². The van der Waals surface area contributed by atoms with Crippen LogP contribution >= 0.6 is 11.8 Å². The molecule has 0 aliphatic heterocycles. The molecule has 0 aliphatic carbocycles. The lowest BCUT2D eigenvalue weighted by atomic mass is 10.1. The molecule has 0 spiro atoms. The fourth-order valence-corrected chi connectivity index (χ4v) is 2.55. The minimum absolute atomic E-state index is 0.0163. The maximum atomic E-state index is 12.2. The third-order valence-corrected chi connectivity index (χ3v) is 4.33. The van der Waals surface area contributed by atoms with E-state index in [9.17, 15) is 9.90 Å². The maximum Gasteiger partial charge on any atom is 0.251 e. The van der Waals surface area contributed by atoms with Crippen molar-refractivity contribution >= 4 is 29.0 Å². The van der Waals surface area contributed by atoms with Gasteiger partial charge in [-0.2, -0.15) is 11.8 Å². The Kier molecular flexibility index (Phi) is 6.16. The Labute approximate surface area is 124 Å². The molecule has 0 saturated heterocycles. The molecule has 0 aromatic heterocycles. The van der Waals surface area contributed by atoms with E-state index in [1.54, 1.807) is 12.1 Å². The molecule has 0 aliphatic rings. The van der Waals surface area contributed by atoms with E-state index >= 15 is 0 Å². The van der Waals surface area contributed by atoms with Crippen LogP contribution in [0.3, 0.4) is 0 Å². The van der Waals surface area contributed by atoms with Crippen molar-refractivity contribution in [2.75, 3.05) is 37.6 Å². The molecule has 0 radical (unpaired) electrons. The van der Waals surface area contributed by atoms with Gasteiger partial charge in [-0.15, -0.1) is 0 Å². The first-order chi connectivity index (χ1) is 9.40. The van der Waals surface area contributed by atoms with Crippen molar-refractivity contribution in [3.63, 3.8) is 0 Å². The van der Waals surface area contributed by atoms with E-state index in [2.05, 4.69) is 5.32 Å². The first kappa shape index (κ1) is 16.7. The number of carbonyl (C=O) groups excluding carboxylic acids is 1. The molecule has 112 valence electrons. The molecule has 20 heavy (non-hydrogen) atoms. The number of amides is 1. The topological polar surface area (TPSA) is 78.6 Å². The molecule has 2 atom stereocenters. The number of carbonyl (C=O) groups is 1. The van der Waals surface area contributed by atoms with Crippen molar-refractivity contribution in [1.82, 2.24) is 5.32 Å². The average Bonchev–Trinajstić information content (AvgIpc) is 2.39. The summed E-state index contributed by atoms with van der Waals surface area (Å²) in [6.45, 7) is 1.91. The Morgan fingerprint density at radius 3 is 2.60 bits per heavy atom. The normalized spacial score (nSPS) is 13.7. The molecule has 1 aromatic carbocycles. The monoisotopic (exact) mass is 297 g/mol. The van der Waals surface area contributed by atoms with Gasteiger partial charge in [0.15, 0.2) is 0 Å². The van der Waals surface area contributed by atoms with Crippen LogP contribution in [0, 0.1) is 0 Å². The van der Waals surface area contributed by atoms with Crippen molar-refractivity contribution in [2.24, 2.45) is 0 Å². The molecular weight excluding hydrogens is 274 g/mol. The summed E-state index contributed by atoms with van der Waals surface area (Å²) in [6, 6.07) is 5.13. The minimum Gasteiger partial charge on any atom is -0.397 e. The lowest BCUT2D eigenvalue weighted by molar-refractivity contribution is 0.0936. The molecule has 0 heterocycles. The number of aliphatic hydroxyl groups excluding tert-OH is 1. The Morgan fingerprint density at radius 2 is 2.15 bits per heavy atom. The third kappa shape index (κ3) is 4.05. The van der Waals surface area contributed by atoms with Gasteiger partial charge in [-0.25, -0.2) is 0 Å². The van der Waals surface area contributed by atoms with E-state index in [1.807, 2.05) is 38.2 Å².